The molecule has 0 saturated carbocycles. The van der Waals surface area contributed by atoms with Crippen molar-refractivity contribution >= 4 is 11.8 Å². The van der Waals surface area contributed by atoms with Gasteiger partial charge in [-0.15, -0.1) is 0 Å². The molecule has 1 atom stereocenters. The minimum Gasteiger partial charge on any atom is -0.479 e. The van der Waals surface area contributed by atoms with Crippen molar-refractivity contribution in [2.75, 3.05) is 0 Å². The van der Waals surface area contributed by atoms with Gasteiger partial charge >= 0.3 is 5.97 Å². The molecule has 0 aliphatic heterocycles. The van der Waals surface area contributed by atoms with E-state index in [1.54, 1.807) is 6.92 Å². The number of carboxylic acid groups (broad SMARTS) is 1. The van der Waals surface area contributed by atoms with E-state index in [4.69, 9.17) is 5.11 Å². The third-order valence-electron chi connectivity index (χ3n) is 2.10. The lowest BCUT2D eigenvalue weighted by atomic mass is 10.0. The third kappa shape index (κ3) is 2.63. The first-order valence-electron chi connectivity index (χ1n) is 4.60. The predicted molar refractivity (Wildman–Crippen MR) is 53.7 cm³/mol. The summed E-state index contributed by atoms with van der Waals surface area (Å²) in [4.78, 5) is 21.7. The van der Waals surface area contributed by atoms with E-state index in [9.17, 15) is 14.7 Å². The highest BCUT2D eigenvalue weighted by Crippen LogP contribution is 2.14. The molecule has 0 bridgehead atoms. The molecule has 1 unspecified atom stereocenters. The second-order valence-corrected chi connectivity index (χ2v) is 3.14. The topological polar surface area (TPSA) is 74.6 Å². The van der Waals surface area contributed by atoms with Crippen molar-refractivity contribution < 1.29 is 19.8 Å². The van der Waals surface area contributed by atoms with Gasteiger partial charge in [0.2, 0.25) is 0 Å². The first-order chi connectivity index (χ1) is 7.06. The van der Waals surface area contributed by atoms with E-state index >= 15 is 0 Å². The maximum atomic E-state index is 11.2. The number of rotatable bonds is 4. The van der Waals surface area contributed by atoms with Crippen LogP contribution >= 0.6 is 0 Å². The molecule has 0 amide bonds. The highest BCUT2D eigenvalue weighted by Gasteiger charge is 2.15. The number of aliphatic hydroxyl groups excluding tert-OH is 1. The Hall–Kier alpha value is -1.68. The smallest absolute Gasteiger partial charge is 0.337 e. The van der Waals surface area contributed by atoms with Crippen molar-refractivity contribution in [3.8, 4) is 0 Å². The van der Waals surface area contributed by atoms with Gasteiger partial charge in [0.15, 0.2) is 11.9 Å². The van der Waals surface area contributed by atoms with Crippen LogP contribution in [0.3, 0.4) is 0 Å². The van der Waals surface area contributed by atoms with Crippen LogP contribution in [0.4, 0.5) is 0 Å². The Kier molecular flexibility index (Phi) is 3.57. The Morgan fingerprint density at radius 1 is 1.27 bits per heavy atom. The molecule has 4 heteroatoms. The van der Waals surface area contributed by atoms with Crippen LogP contribution < -0.4 is 0 Å². The summed E-state index contributed by atoms with van der Waals surface area (Å²) in [6.45, 7) is 1.75. The molecule has 15 heavy (non-hydrogen) atoms. The molecule has 0 saturated heterocycles. The minimum atomic E-state index is -1.53. The number of benzene rings is 1. The van der Waals surface area contributed by atoms with E-state index < -0.39 is 12.1 Å². The molecular formula is C11H12O4. The number of aliphatic carboxylic acids is 1. The maximum absolute atomic E-state index is 11.2. The van der Waals surface area contributed by atoms with Gasteiger partial charge in [0.05, 0.1) is 0 Å². The van der Waals surface area contributed by atoms with Gasteiger partial charge in [-0.2, -0.15) is 0 Å². The molecule has 1 rings (SSSR count). The summed E-state index contributed by atoms with van der Waals surface area (Å²) >= 11 is 0. The van der Waals surface area contributed by atoms with Crippen LogP contribution in [0.2, 0.25) is 0 Å². The van der Waals surface area contributed by atoms with E-state index in [2.05, 4.69) is 0 Å². The van der Waals surface area contributed by atoms with E-state index in [0.717, 1.165) is 0 Å². The molecule has 0 fully saturated rings. The second kappa shape index (κ2) is 4.70. The zero-order chi connectivity index (χ0) is 11.4. The van der Waals surface area contributed by atoms with Gasteiger partial charge in [0.25, 0.3) is 0 Å². The molecule has 0 spiro atoms. The third-order valence-corrected chi connectivity index (χ3v) is 2.10. The summed E-state index contributed by atoms with van der Waals surface area (Å²) < 4.78 is 0. The second-order valence-electron chi connectivity index (χ2n) is 3.14. The lowest BCUT2D eigenvalue weighted by Crippen LogP contribution is -2.10. The Morgan fingerprint density at radius 2 is 1.80 bits per heavy atom. The van der Waals surface area contributed by atoms with Crippen molar-refractivity contribution in [2.45, 2.75) is 19.4 Å². The van der Waals surface area contributed by atoms with Crippen molar-refractivity contribution in [3.63, 3.8) is 0 Å². The van der Waals surface area contributed by atoms with Gasteiger partial charge in [-0.05, 0) is 5.56 Å². The average molecular weight is 208 g/mol. The molecule has 0 heterocycles. The summed E-state index contributed by atoms with van der Waals surface area (Å²) in [5.74, 6) is -1.31. The molecule has 1 aromatic carbocycles. The zero-order valence-corrected chi connectivity index (χ0v) is 8.30. The fraction of sp³-hybridized carbons (Fsp3) is 0.273. The van der Waals surface area contributed by atoms with Gasteiger partial charge in [0, 0.05) is 12.0 Å². The van der Waals surface area contributed by atoms with Gasteiger partial charge in [-0.25, -0.2) is 4.79 Å². The normalized spacial score (nSPS) is 12.1. The number of carbonyl (C=O) groups is 2. The van der Waals surface area contributed by atoms with E-state index in [0.29, 0.717) is 12.0 Å². The highest BCUT2D eigenvalue weighted by atomic mass is 16.4. The van der Waals surface area contributed by atoms with Gasteiger partial charge in [-0.1, -0.05) is 31.2 Å². The highest BCUT2D eigenvalue weighted by molar-refractivity contribution is 5.95. The Morgan fingerprint density at radius 3 is 2.20 bits per heavy atom. The van der Waals surface area contributed by atoms with E-state index in [1.165, 1.54) is 24.3 Å². The largest absolute Gasteiger partial charge is 0.479 e. The lowest BCUT2D eigenvalue weighted by molar-refractivity contribution is -0.146. The van der Waals surface area contributed by atoms with E-state index in [-0.39, 0.29) is 11.3 Å². The van der Waals surface area contributed by atoms with Gasteiger partial charge in [-0.3, -0.25) is 4.79 Å². The van der Waals surface area contributed by atoms with Crippen LogP contribution in [0.1, 0.15) is 35.4 Å². The summed E-state index contributed by atoms with van der Waals surface area (Å²) in [6, 6.07) is 5.93. The molecule has 1 aromatic rings. The predicted octanol–water partition coefficient (Wildman–Crippen LogP) is 1.40. The number of Topliss-reactive ketones (excluding diaryl/α,β-unsaturated/α-hetero) is 1. The van der Waals surface area contributed by atoms with Crippen LogP contribution in [-0.4, -0.2) is 22.0 Å². The van der Waals surface area contributed by atoms with Gasteiger partial charge < -0.3 is 10.2 Å². The quantitative estimate of drug-likeness (QED) is 0.733. The number of aliphatic hydroxyl groups is 1. The van der Waals surface area contributed by atoms with E-state index in [1.807, 2.05) is 0 Å². The Bertz CT molecular complexity index is 367. The molecule has 0 aromatic heterocycles. The van der Waals surface area contributed by atoms with Crippen molar-refractivity contribution in [3.05, 3.63) is 35.4 Å². The number of carboxylic acids is 1. The van der Waals surface area contributed by atoms with Crippen LogP contribution in [0, 0.1) is 0 Å². The lowest BCUT2D eigenvalue weighted by Gasteiger charge is -2.06. The van der Waals surface area contributed by atoms with Crippen molar-refractivity contribution in [1.82, 2.24) is 0 Å². The van der Waals surface area contributed by atoms with Crippen LogP contribution in [0.15, 0.2) is 24.3 Å². The zero-order valence-electron chi connectivity index (χ0n) is 8.30. The van der Waals surface area contributed by atoms with Crippen LogP contribution in [0.25, 0.3) is 0 Å². The molecule has 0 aliphatic rings. The summed E-state index contributed by atoms with van der Waals surface area (Å²) in [6.07, 6.45) is -1.13. The fourth-order valence-electron chi connectivity index (χ4n) is 1.20. The average Bonchev–Trinajstić information content (AvgIpc) is 2.27. The molecule has 0 aliphatic carbocycles. The minimum absolute atomic E-state index is 0.00800. The van der Waals surface area contributed by atoms with Crippen LogP contribution in [0.5, 0.6) is 0 Å². The molecule has 80 valence electrons. The number of hydrogen-bond donors (Lipinski definition) is 2. The number of hydrogen-bond acceptors (Lipinski definition) is 3. The molecular weight excluding hydrogens is 196 g/mol. The Labute approximate surface area is 87.2 Å². The summed E-state index contributed by atoms with van der Waals surface area (Å²) in [5.41, 5.74) is 0.800. The standard InChI is InChI=1S/C11H12O4/c1-2-9(12)7-3-5-8(6-4-7)10(13)11(14)15/h3-6,10,13H,2H2,1H3,(H,14,15). The number of carbonyl (C=O) groups excluding carboxylic acids is 1. The fourth-order valence-corrected chi connectivity index (χ4v) is 1.20. The van der Waals surface area contributed by atoms with Gasteiger partial charge in [0.1, 0.15) is 0 Å². The number of ketones is 1. The SMILES string of the molecule is CCC(=O)c1ccc(C(O)C(=O)O)cc1. The van der Waals surface area contributed by atoms with Crippen molar-refractivity contribution in [2.24, 2.45) is 0 Å². The Balaban J connectivity index is 2.90. The van der Waals surface area contributed by atoms with Crippen molar-refractivity contribution in [1.29, 1.82) is 0 Å². The molecule has 2 N–H and O–H groups in total. The molecule has 0 radical (unpaired) electrons. The summed E-state index contributed by atoms with van der Waals surface area (Å²) in [5, 5.41) is 17.7. The maximum Gasteiger partial charge on any atom is 0.337 e. The van der Waals surface area contributed by atoms with Crippen LogP contribution in [-0.2, 0) is 4.79 Å². The summed E-state index contributed by atoms with van der Waals surface area (Å²) in [7, 11) is 0. The first-order valence-corrected chi connectivity index (χ1v) is 4.60. The molecule has 4 nitrogen and oxygen atoms in total. The first kappa shape index (κ1) is 11.4. The monoisotopic (exact) mass is 208 g/mol.